The maximum Gasteiger partial charge on any atom is 0.374 e. The second-order valence-electron chi connectivity index (χ2n) is 4.89. The monoisotopic (exact) mass is 278 g/mol. The SMILES string of the molecule is COC(=O)C(=O)Cc1c2ccccc2cc2ccccc12. The van der Waals surface area contributed by atoms with E-state index in [1.54, 1.807) is 0 Å². The molecule has 0 aliphatic rings. The Morgan fingerprint density at radius 3 is 1.95 bits per heavy atom. The van der Waals surface area contributed by atoms with Crippen LogP contribution in [-0.2, 0) is 20.7 Å². The van der Waals surface area contributed by atoms with Crippen LogP contribution < -0.4 is 0 Å². The molecule has 3 nitrogen and oxygen atoms in total. The molecule has 0 saturated heterocycles. The zero-order chi connectivity index (χ0) is 14.8. The minimum atomic E-state index is -0.799. The van der Waals surface area contributed by atoms with E-state index in [1.165, 1.54) is 7.11 Å². The second-order valence-corrected chi connectivity index (χ2v) is 4.89. The van der Waals surface area contributed by atoms with E-state index in [9.17, 15) is 9.59 Å². The number of carbonyl (C=O) groups is 2. The third kappa shape index (κ3) is 2.38. The molecule has 0 N–H and O–H groups in total. The van der Waals surface area contributed by atoms with Gasteiger partial charge in [0.15, 0.2) is 0 Å². The zero-order valence-electron chi connectivity index (χ0n) is 11.6. The van der Waals surface area contributed by atoms with Crippen molar-refractivity contribution in [3.05, 3.63) is 60.2 Å². The summed E-state index contributed by atoms with van der Waals surface area (Å²) < 4.78 is 4.52. The highest BCUT2D eigenvalue weighted by atomic mass is 16.5. The summed E-state index contributed by atoms with van der Waals surface area (Å²) >= 11 is 0. The molecule has 0 radical (unpaired) electrons. The minimum absolute atomic E-state index is 0.0501. The van der Waals surface area contributed by atoms with Crippen molar-refractivity contribution in [2.45, 2.75) is 6.42 Å². The van der Waals surface area contributed by atoms with Crippen molar-refractivity contribution in [3.8, 4) is 0 Å². The number of esters is 1. The highest BCUT2D eigenvalue weighted by molar-refractivity contribution is 6.34. The summed E-state index contributed by atoms with van der Waals surface area (Å²) in [4.78, 5) is 23.4. The van der Waals surface area contributed by atoms with E-state index in [1.807, 2.05) is 48.5 Å². The van der Waals surface area contributed by atoms with Gasteiger partial charge in [0, 0.05) is 6.42 Å². The first-order valence-electron chi connectivity index (χ1n) is 6.71. The Morgan fingerprint density at radius 1 is 0.905 bits per heavy atom. The molecule has 21 heavy (non-hydrogen) atoms. The van der Waals surface area contributed by atoms with E-state index in [4.69, 9.17) is 0 Å². The van der Waals surface area contributed by atoms with Gasteiger partial charge in [0.25, 0.3) is 0 Å². The number of hydrogen-bond donors (Lipinski definition) is 0. The predicted octanol–water partition coefficient (Wildman–Crippen LogP) is 3.28. The molecule has 3 heteroatoms. The molecule has 0 atom stereocenters. The van der Waals surface area contributed by atoms with Crippen molar-refractivity contribution >= 4 is 33.3 Å². The standard InChI is InChI=1S/C18H14O3/c1-21-18(20)17(19)11-16-14-8-4-2-6-12(14)10-13-7-3-5-9-15(13)16/h2-10H,11H2,1H3. The number of carbonyl (C=O) groups excluding carboxylic acids is 2. The van der Waals surface area contributed by atoms with Gasteiger partial charge in [-0.3, -0.25) is 4.79 Å². The third-order valence-corrected chi connectivity index (χ3v) is 3.63. The highest BCUT2D eigenvalue weighted by Gasteiger charge is 2.17. The van der Waals surface area contributed by atoms with E-state index < -0.39 is 11.8 Å². The van der Waals surface area contributed by atoms with Crippen molar-refractivity contribution in [2.24, 2.45) is 0 Å². The number of hydrogen-bond acceptors (Lipinski definition) is 3. The Morgan fingerprint density at radius 2 is 1.43 bits per heavy atom. The maximum absolute atomic E-state index is 12.0. The summed E-state index contributed by atoms with van der Waals surface area (Å²) in [5, 5.41) is 4.11. The third-order valence-electron chi connectivity index (χ3n) is 3.63. The lowest BCUT2D eigenvalue weighted by atomic mass is 9.94. The highest BCUT2D eigenvalue weighted by Crippen LogP contribution is 2.28. The van der Waals surface area contributed by atoms with E-state index in [-0.39, 0.29) is 6.42 Å². The largest absolute Gasteiger partial charge is 0.463 e. The topological polar surface area (TPSA) is 43.4 Å². The van der Waals surface area contributed by atoms with Gasteiger partial charge in [0.2, 0.25) is 5.78 Å². The van der Waals surface area contributed by atoms with Crippen LogP contribution in [0.25, 0.3) is 21.5 Å². The molecule has 0 amide bonds. The molecule has 0 aromatic heterocycles. The number of benzene rings is 3. The molecule has 0 aliphatic heterocycles. The molecule has 0 unspecified atom stereocenters. The molecule has 0 bridgehead atoms. The summed E-state index contributed by atoms with van der Waals surface area (Å²) in [7, 11) is 1.22. The molecular formula is C18H14O3. The Hall–Kier alpha value is -2.68. The first-order chi connectivity index (χ1) is 10.2. The Labute approximate surface area is 122 Å². The van der Waals surface area contributed by atoms with Gasteiger partial charge in [-0.1, -0.05) is 48.5 Å². The van der Waals surface area contributed by atoms with Gasteiger partial charge >= 0.3 is 5.97 Å². The van der Waals surface area contributed by atoms with Gasteiger partial charge in [-0.25, -0.2) is 4.79 Å². The minimum Gasteiger partial charge on any atom is -0.463 e. The lowest BCUT2D eigenvalue weighted by Crippen LogP contribution is -2.18. The fourth-order valence-corrected chi connectivity index (χ4v) is 2.65. The van der Waals surface area contributed by atoms with Crippen LogP contribution in [0.4, 0.5) is 0 Å². The zero-order valence-corrected chi connectivity index (χ0v) is 11.6. The summed E-state index contributed by atoms with van der Waals surface area (Å²) in [6, 6.07) is 17.8. The van der Waals surface area contributed by atoms with Gasteiger partial charge in [0.1, 0.15) is 0 Å². The van der Waals surface area contributed by atoms with Crippen LogP contribution in [0, 0.1) is 0 Å². The Bertz CT molecular complexity index is 795. The Kier molecular flexibility index (Phi) is 3.40. The van der Waals surface area contributed by atoms with Gasteiger partial charge in [0.05, 0.1) is 7.11 Å². The lowest BCUT2D eigenvalue weighted by molar-refractivity contribution is -0.151. The fourth-order valence-electron chi connectivity index (χ4n) is 2.65. The second kappa shape index (κ2) is 5.37. The molecule has 3 aromatic rings. The molecule has 3 aromatic carbocycles. The summed E-state index contributed by atoms with van der Waals surface area (Å²) in [6.07, 6.45) is 0.0501. The van der Waals surface area contributed by atoms with Gasteiger partial charge in [-0.05, 0) is 33.2 Å². The Balaban J connectivity index is 2.25. The molecule has 0 spiro atoms. The quantitative estimate of drug-likeness (QED) is 0.419. The smallest absolute Gasteiger partial charge is 0.374 e. The molecule has 0 heterocycles. The number of Topliss-reactive ketones (excluding diaryl/α,β-unsaturated/α-hetero) is 1. The van der Waals surface area contributed by atoms with Crippen molar-refractivity contribution in [3.63, 3.8) is 0 Å². The molecule has 3 rings (SSSR count). The molecule has 104 valence electrons. The number of methoxy groups -OCH3 is 1. The number of fused-ring (bicyclic) bond motifs is 2. The van der Waals surface area contributed by atoms with E-state index in [2.05, 4.69) is 10.8 Å². The summed E-state index contributed by atoms with van der Waals surface area (Å²) in [6.45, 7) is 0. The van der Waals surface area contributed by atoms with Gasteiger partial charge in [-0.2, -0.15) is 0 Å². The first kappa shape index (κ1) is 13.3. The van der Waals surface area contributed by atoms with Crippen LogP contribution in [0.3, 0.4) is 0 Å². The van der Waals surface area contributed by atoms with Crippen LogP contribution in [0.5, 0.6) is 0 Å². The molecular weight excluding hydrogens is 264 g/mol. The molecule has 0 saturated carbocycles. The number of ether oxygens (including phenoxy) is 1. The normalized spacial score (nSPS) is 10.7. The van der Waals surface area contributed by atoms with E-state index >= 15 is 0 Å². The van der Waals surface area contributed by atoms with Crippen molar-refractivity contribution < 1.29 is 14.3 Å². The van der Waals surface area contributed by atoms with E-state index in [0.717, 1.165) is 27.1 Å². The molecule has 0 aliphatic carbocycles. The number of ketones is 1. The van der Waals surface area contributed by atoms with Crippen LogP contribution in [0.2, 0.25) is 0 Å². The fraction of sp³-hybridized carbons (Fsp3) is 0.111. The number of rotatable bonds is 3. The van der Waals surface area contributed by atoms with Crippen molar-refractivity contribution in [1.29, 1.82) is 0 Å². The summed E-state index contributed by atoms with van der Waals surface area (Å²) in [5.41, 5.74) is 0.874. The van der Waals surface area contributed by atoms with Crippen molar-refractivity contribution in [1.82, 2.24) is 0 Å². The average Bonchev–Trinajstić information content (AvgIpc) is 2.53. The van der Waals surface area contributed by atoms with Gasteiger partial charge in [-0.15, -0.1) is 0 Å². The van der Waals surface area contributed by atoms with E-state index in [0.29, 0.717) is 0 Å². The first-order valence-corrected chi connectivity index (χ1v) is 6.71. The maximum atomic E-state index is 12.0. The average molecular weight is 278 g/mol. The lowest BCUT2D eigenvalue weighted by Gasteiger charge is -2.10. The molecule has 0 fully saturated rings. The summed E-state index contributed by atoms with van der Waals surface area (Å²) in [5.74, 6) is -1.33. The van der Waals surface area contributed by atoms with Crippen LogP contribution in [0.1, 0.15) is 5.56 Å². The van der Waals surface area contributed by atoms with Gasteiger partial charge < -0.3 is 4.74 Å². The predicted molar refractivity (Wildman–Crippen MR) is 82.2 cm³/mol. The van der Waals surface area contributed by atoms with Crippen LogP contribution in [0.15, 0.2) is 54.6 Å². The van der Waals surface area contributed by atoms with Crippen molar-refractivity contribution in [2.75, 3.05) is 7.11 Å². The van der Waals surface area contributed by atoms with Crippen LogP contribution >= 0.6 is 0 Å². The van der Waals surface area contributed by atoms with Crippen LogP contribution in [-0.4, -0.2) is 18.9 Å².